The number of aromatic nitrogens is 2. The number of halogens is 4. The zero-order chi connectivity index (χ0) is 29.3. The van der Waals surface area contributed by atoms with Crippen LogP contribution in [0, 0.1) is 11.6 Å². The number of benzene rings is 2. The van der Waals surface area contributed by atoms with E-state index in [1.165, 1.54) is 24.5 Å². The van der Waals surface area contributed by atoms with Gasteiger partial charge in [-0.15, -0.1) is 0 Å². The van der Waals surface area contributed by atoms with Gasteiger partial charge in [0.05, 0.1) is 24.6 Å². The van der Waals surface area contributed by atoms with Crippen LogP contribution in [0.25, 0.3) is 11.1 Å². The van der Waals surface area contributed by atoms with Crippen molar-refractivity contribution in [2.24, 2.45) is 0 Å². The summed E-state index contributed by atoms with van der Waals surface area (Å²) in [6.45, 7) is 7.62. The number of likely N-dealkylation sites (N-methyl/N-ethyl adjacent to an activating group) is 1. The standard InChI is InChI=1S/C29H32F4N6O2/c1-17-15-39(16-18(2)37(17)3)26-12-24(31)22(19-13-34-29(35-14-19)38-6-8-41-9-7-38)11-25(26)36-28(40)21-5-4-20(30)10-23(21)27(32)33/h4-5,10-14,17-18,27H,6-9,15-16H2,1-3H3,(H,36,40). The zero-order valence-corrected chi connectivity index (χ0v) is 23.1. The fourth-order valence-corrected chi connectivity index (χ4v) is 5.24. The minimum atomic E-state index is -3.06. The second-order valence-electron chi connectivity index (χ2n) is 10.5. The van der Waals surface area contributed by atoms with Gasteiger partial charge in [0, 0.05) is 72.9 Å². The fraction of sp³-hybridized carbons (Fsp3) is 0.414. The average molecular weight is 573 g/mol. The van der Waals surface area contributed by atoms with Crippen LogP contribution in [-0.2, 0) is 4.74 Å². The Labute approximate surface area is 235 Å². The van der Waals surface area contributed by atoms with Crippen molar-refractivity contribution in [1.82, 2.24) is 14.9 Å². The number of hydrogen-bond donors (Lipinski definition) is 1. The first-order valence-corrected chi connectivity index (χ1v) is 13.5. The Bertz CT molecular complexity index is 1390. The molecule has 1 N–H and O–H groups in total. The Morgan fingerprint density at radius 2 is 1.66 bits per heavy atom. The van der Waals surface area contributed by atoms with E-state index in [4.69, 9.17) is 4.74 Å². The van der Waals surface area contributed by atoms with Crippen molar-refractivity contribution in [3.05, 3.63) is 65.5 Å². The van der Waals surface area contributed by atoms with Gasteiger partial charge in [0.15, 0.2) is 0 Å². The first-order chi connectivity index (χ1) is 19.6. The zero-order valence-electron chi connectivity index (χ0n) is 23.1. The molecule has 2 aromatic carbocycles. The van der Waals surface area contributed by atoms with E-state index in [1.807, 2.05) is 30.7 Å². The van der Waals surface area contributed by atoms with E-state index in [2.05, 4.69) is 20.2 Å². The van der Waals surface area contributed by atoms with Crippen molar-refractivity contribution in [2.45, 2.75) is 32.4 Å². The van der Waals surface area contributed by atoms with Crippen molar-refractivity contribution in [2.75, 3.05) is 61.6 Å². The van der Waals surface area contributed by atoms with E-state index in [0.717, 1.165) is 12.1 Å². The Morgan fingerprint density at radius 1 is 1.00 bits per heavy atom. The molecule has 0 spiro atoms. The summed E-state index contributed by atoms with van der Waals surface area (Å²) in [6.07, 6.45) is -0.0386. The molecule has 0 aliphatic carbocycles. The third-order valence-electron chi connectivity index (χ3n) is 7.77. The molecule has 2 unspecified atom stereocenters. The van der Waals surface area contributed by atoms with E-state index < -0.39 is 29.5 Å². The lowest BCUT2D eigenvalue weighted by Crippen LogP contribution is -2.55. The van der Waals surface area contributed by atoms with Gasteiger partial charge in [-0.2, -0.15) is 0 Å². The molecule has 2 aliphatic rings. The third-order valence-corrected chi connectivity index (χ3v) is 7.77. The number of anilines is 3. The summed E-state index contributed by atoms with van der Waals surface area (Å²) in [6, 6.07) is 5.69. The number of piperazine rings is 1. The molecule has 5 rings (SSSR count). The van der Waals surface area contributed by atoms with E-state index in [1.54, 1.807) is 0 Å². The highest BCUT2D eigenvalue weighted by Gasteiger charge is 2.30. The van der Waals surface area contributed by atoms with Crippen LogP contribution >= 0.6 is 0 Å². The van der Waals surface area contributed by atoms with Gasteiger partial charge in [-0.25, -0.2) is 27.5 Å². The lowest BCUT2D eigenvalue weighted by Gasteiger charge is -2.44. The molecule has 1 amide bonds. The highest BCUT2D eigenvalue weighted by Crippen LogP contribution is 2.36. The Hall–Kier alpha value is -3.77. The van der Waals surface area contributed by atoms with Crippen molar-refractivity contribution >= 4 is 23.2 Å². The molecule has 2 aliphatic heterocycles. The molecule has 0 bridgehead atoms. The van der Waals surface area contributed by atoms with E-state index in [-0.39, 0.29) is 28.9 Å². The smallest absolute Gasteiger partial charge is 0.264 e. The minimum Gasteiger partial charge on any atom is -0.378 e. The summed E-state index contributed by atoms with van der Waals surface area (Å²) in [5.41, 5.74) is 0.0877. The Kier molecular flexibility index (Phi) is 8.41. The maximum Gasteiger partial charge on any atom is 0.264 e. The summed E-state index contributed by atoms with van der Waals surface area (Å²) in [7, 11) is 2.01. The molecule has 3 aromatic rings. The van der Waals surface area contributed by atoms with Crippen LogP contribution in [0.2, 0.25) is 0 Å². The summed E-state index contributed by atoms with van der Waals surface area (Å²) < 4.78 is 62.1. The molecule has 3 heterocycles. The number of nitrogens with one attached hydrogen (secondary N) is 1. The van der Waals surface area contributed by atoms with Crippen LogP contribution < -0.4 is 15.1 Å². The lowest BCUT2D eigenvalue weighted by atomic mass is 10.0. The third kappa shape index (κ3) is 6.13. The van der Waals surface area contributed by atoms with Gasteiger partial charge < -0.3 is 19.9 Å². The lowest BCUT2D eigenvalue weighted by molar-refractivity contribution is 0.101. The molecule has 41 heavy (non-hydrogen) atoms. The number of ether oxygens (including phenoxy) is 1. The summed E-state index contributed by atoms with van der Waals surface area (Å²) >= 11 is 0. The van der Waals surface area contributed by atoms with Crippen molar-refractivity contribution in [1.29, 1.82) is 0 Å². The molecule has 12 heteroatoms. The number of carbonyl (C=O) groups excluding carboxylic acids is 1. The topological polar surface area (TPSA) is 73.8 Å². The normalized spacial score (nSPS) is 20.0. The maximum absolute atomic E-state index is 15.7. The summed E-state index contributed by atoms with van der Waals surface area (Å²) in [4.78, 5) is 28.3. The van der Waals surface area contributed by atoms with Gasteiger partial charge in [-0.3, -0.25) is 9.69 Å². The second kappa shape index (κ2) is 12.0. The largest absolute Gasteiger partial charge is 0.378 e. The number of amides is 1. The van der Waals surface area contributed by atoms with Crippen LogP contribution in [0.5, 0.6) is 0 Å². The Morgan fingerprint density at radius 3 is 2.29 bits per heavy atom. The van der Waals surface area contributed by atoms with Crippen molar-refractivity contribution in [3.63, 3.8) is 0 Å². The van der Waals surface area contributed by atoms with E-state index in [9.17, 15) is 18.0 Å². The summed E-state index contributed by atoms with van der Waals surface area (Å²) in [5.74, 6) is -1.77. The van der Waals surface area contributed by atoms with Crippen LogP contribution in [0.15, 0.2) is 42.7 Å². The van der Waals surface area contributed by atoms with Crippen LogP contribution in [-0.4, -0.2) is 79.3 Å². The molecule has 1 aromatic heterocycles. The maximum atomic E-state index is 15.7. The van der Waals surface area contributed by atoms with Crippen LogP contribution in [0.1, 0.15) is 36.2 Å². The average Bonchev–Trinajstić information content (AvgIpc) is 2.96. The van der Waals surface area contributed by atoms with Crippen molar-refractivity contribution < 1.29 is 27.1 Å². The SMILES string of the molecule is CC1CN(c2cc(F)c(-c3cnc(N4CCOCC4)nc3)cc2NC(=O)c2ccc(F)cc2C(F)F)CC(C)N1C. The van der Waals surface area contributed by atoms with Gasteiger partial charge in [0.25, 0.3) is 12.3 Å². The number of rotatable bonds is 6. The number of alkyl halides is 2. The first-order valence-electron chi connectivity index (χ1n) is 13.5. The van der Waals surface area contributed by atoms with Gasteiger partial charge >= 0.3 is 0 Å². The van der Waals surface area contributed by atoms with Gasteiger partial charge in [0.2, 0.25) is 5.95 Å². The predicted octanol–water partition coefficient (Wildman–Crippen LogP) is 4.98. The number of morpholine rings is 1. The minimum absolute atomic E-state index is 0.133. The fourth-order valence-electron chi connectivity index (χ4n) is 5.24. The Balaban J connectivity index is 1.53. The molecular formula is C29H32F4N6O2. The van der Waals surface area contributed by atoms with Crippen LogP contribution in [0.3, 0.4) is 0 Å². The number of nitrogens with zero attached hydrogens (tertiary/aromatic N) is 5. The molecule has 0 saturated carbocycles. The molecule has 8 nitrogen and oxygen atoms in total. The monoisotopic (exact) mass is 572 g/mol. The highest BCUT2D eigenvalue weighted by molar-refractivity contribution is 6.07. The molecule has 218 valence electrons. The predicted molar refractivity (Wildman–Crippen MR) is 149 cm³/mol. The quantitative estimate of drug-likeness (QED) is 0.418. The molecular weight excluding hydrogens is 540 g/mol. The van der Waals surface area contributed by atoms with E-state index >= 15 is 4.39 Å². The van der Waals surface area contributed by atoms with E-state index in [0.29, 0.717) is 62.7 Å². The van der Waals surface area contributed by atoms with Gasteiger partial charge in [-0.1, -0.05) is 0 Å². The second-order valence-corrected chi connectivity index (χ2v) is 10.5. The molecule has 2 atom stereocenters. The molecule has 2 fully saturated rings. The number of hydrogen-bond acceptors (Lipinski definition) is 7. The molecule has 0 radical (unpaired) electrons. The summed E-state index contributed by atoms with van der Waals surface area (Å²) in [5, 5.41) is 2.70. The number of carbonyl (C=O) groups is 1. The highest BCUT2D eigenvalue weighted by atomic mass is 19.3. The molecule has 2 saturated heterocycles. The first kappa shape index (κ1) is 28.7. The van der Waals surface area contributed by atoms with Gasteiger partial charge in [-0.05, 0) is 51.2 Å². The van der Waals surface area contributed by atoms with Crippen LogP contribution in [0.4, 0.5) is 34.9 Å². The van der Waals surface area contributed by atoms with Gasteiger partial charge in [0.1, 0.15) is 11.6 Å². The van der Waals surface area contributed by atoms with Crippen molar-refractivity contribution in [3.8, 4) is 11.1 Å².